The predicted octanol–water partition coefficient (Wildman–Crippen LogP) is 0.808. The molecule has 2 aliphatic heterocycles. The van der Waals surface area contributed by atoms with Gasteiger partial charge in [-0.2, -0.15) is 0 Å². The quantitative estimate of drug-likeness (QED) is 0.724. The third-order valence-corrected chi connectivity index (χ3v) is 4.04. The molecule has 2 heterocycles. The molecule has 0 spiro atoms. The third kappa shape index (κ3) is 1.92. The summed E-state index contributed by atoms with van der Waals surface area (Å²) in [4.78, 5) is 14.6. The van der Waals surface area contributed by atoms with Crippen molar-refractivity contribution in [2.75, 3.05) is 13.2 Å². The standard InChI is InChI=1S/C12H18N2O3/c1-7-8(2)12(5-13-4)6-16-11(17-12)10(7)14-9(3)15/h7-8,10-11H,5-6H2,1-3H3,(H,14,15)/t7-,8+,10+,11-,12-/m0/s1. The minimum atomic E-state index is -0.485. The lowest BCUT2D eigenvalue weighted by Crippen LogP contribution is -2.58. The van der Waals surface area contributed by atoms with Gasteiger partial charge in [0.1, 0.15) is 0 Å². The second-order valence-electron chi connectivity index (χ2n) is 5.05. The molecule has 5 nitrogen and oxygen atoms in total. The van der Waals surface area contributed by atoms with Crippen LogP contribution >= 0.6 is 0 Å². The summed E-state index contributed by atoms with van der Waals surface area (Å²) >= 11 is 0. The van der Waals surface area contributed by atoms with E-state index in [0.717, 1.165) is 0 Å². The minimum absolute atomic E-state index is 0.0779. The maximum atomic E-state index is 11.2. The topological polar surface area (TPSA) is 51.9 Å². The first-order valence-electron chi connectivity index (χ1n) is 5.90. The summed E-state index contributed by atoms with van der Waals surface area (Å²) in [6, 6.07) is -0.121. The zero-order valence-electron chi connectivity index (χ0n) is 10.4. The Morgan fingerprint density at radius 1 is 1.59 bits per heavy atom. The molecule has 0 radical (unpaired) electrons. The number of nitrogens with one attached hydrogen (secondary N) is 1. The van der Waals surface area contributed by atoms with Crippen molar-refractivity contribution in [1.29, 1.82) is 0 Å². The van der Waals surface area contributed by atoms with Crippen molar-refractivity contribution in [3.63, 3.8) is 0 Å². The molecule has 2 rings (SSSR count). The van der Waals surface area contributed by atoms with Crippen molar-refractivity contribution in [2.24, 2.45) is 11.8 Å². The molecule has 5 heteroatoms. The van der Waals surface area contributed by atoms with E-state index in [4.69, 9.17) is 16.0 Å². The molecule has 5 atom stereocenters. The van der Waals surface area contributed by atoms with Gasteiger partial charge in [-0.25, -0.2) is 6.57 Å². The van der Waals surface area contributed by atoms with Gasteiger partial charge in [-0.1, -0.05) is 13.8 Å². The number of carbonyl (C=O) groups is 1. The van der Waals surface area contributed by atoms with Crippen LogP contribution in [0.15, 0.2) is 0 Å². The zero-order valence-corrected chi connectivity index (χ0v) is 10.4. The average molecular weight is 238 g/mol. The van der Waals surface area contributed by atoms with E-state index in [9.17, 15) is 4.79 Å². The number of nitrogens with zero attached hydrogens (tertiary/aromatic N) is 1. The molecule has 2 bridgehead atoms. The van der Waals surface area contributed by atoms with Crippen molar-refractivity contribution in [3.05, 3.63) is 11.4 Å². The first-order chi connectivity index (χ1) is 8.00. The number of hydrogen-bond donors (Lipinski definition) is 1. The molecule has 0 unspecified atom stereocenters. The lowest BCUT2D eigenvalue weighted by atomic mass is 9.75. The zero-order chi connectivity index (χ0) is 12.6. The number of carbonyl (C=O) groups excluding carboxylic acids is 1. The largest absolute Gasteiger partial charge is 0.348 e. The van der Waals surface area contributed by atoms with Crippen LogP contribution in [0, 0.1) is 18.4 Å². The Bertz CT molecular complexity index is 365. The van der Waals surface area contributed by atoms with Crippen LogP contribution in [0.25, 0.3) is 4.85 Å². The number of fused-ring (bicyclic) bond motifs is 2. The van der Waals surface area contributed by atoms with Gasteiger partial charge in [0.05, 0.1) is 12.6 Å². The summed E-state index contributed by atoms with van der Waals surface area (Å²) in [5, 5.41) is 2.88. The van der Waals surface area contributed by atoms with Gasteiger partial charge in [-0.15, -0.1) is 0 Å². The summed E-state index contributed by atoms with van der Waals surface area (Å²) < 4.78 is 11.5. The van der Waals surface area contributed by atoms with Gasteiger partial charge in [0, 0.05) is 6.92 Å². The molecule has 2 aliphatic rings. The van der Waals surface area contributed by atoms with Gasteiger partial charge in [0.25, 0.3) is 0 Å². The highest BCUT2D eigenvalue weighted by Gasteiger charge is 2.58. The molecule has 1 N–H and O–H groups in total. The second-order valence-corrected chi connectivity index (χ2v) is 5.05. The van der Waals surface area contributed by atoms with Crippen LogP contribution in [-0.4, -0.2) is 37.0 Å². The molecule has 2 fully saturated rings. The van der Waals surface area contributed by atoms with Gasteiger partial charge < -0.3 is 19.6 Å². The Labute approximate surface area is 101 Å². The van der Waals surface area contributed by atoms with Crippen LogP contribution < -0.4 is 5.32 Å². The number of hydrogen-bond acceptors (Lipinski definition) is 3. The summed E-state index contributed by atoms with van der Waals surface area (Å²) in [6.07, 6.45) is -0.410. The van der Waals surface area contributed by atoms with Crippen LogP contribution in [0.5, 0.6) is 0 Å². The van der Waals surface area contributed by atoms with E-state index >= 15 is 0 Å². The van der Waals surface area contributed by atoms with Gasteiger partial charge in [-0.05, 0) is 11.8 Å². The molecule has 94 valence electrons. The molecule has 0 aliphatic carbocycles. The van der Waals surface area contributed by atoms with Crippen LogP contribution in [0.4, 0.5) is 0 Å². The van der Waals surface area contributed by atoms with E-state index in [1.54, 1.807) is 0 Å². The smallest absolute Gasteiger partial charge is 0.245 e. The van der Waals surface area contributed by atoms with E-state index in [0.29, 0.717) is 13.2 Å². The van der Waals surface area contributed by atoms with E-state index in [1.807, 2.05) is 0 Å². The van der Waals surface area contributed by atoms with Crippen LogP contribution in [0.3, 0.4) is 0 Å². The number of rotatable bonds is 2. The molecule has 0 aromatic rings. The van der Waals surface area contributed by atoms with Crippen molar-refractivity contribution >= 4 is 5.91 Å². The highest BCUT2D eigenvalue weighted by molar-refractivity contribution is 5.73. The normalized spacial score (nSPS) is 44.1. The Balaban J connectivity index is 2.20. The lowest BCUT2D eigenvalue weighted by molar-refractivity contribution is -0.174. The molecule has 2 saturated heterocycles. The average Bonchev–Trinajstić information content (AvgIpc) is 2.65. The number of amides is 1. The number of ether oxygens (including phenoxy) is 2. The van der Waals surface area contributed by atoms with Crippen molar-refractivity contribution < 1.29 is 14.3 Å². The molecule has 17 heavy (non-hydrogen) atoms. The van der Waals surface area contributed by atoms with Crippen molar-refractivity contribution in [2.45, 2.75) is 38.7 Å². The second kappa shape index (κ2) is 4.28. The Kier molecular flexibility index (Phi) is 3.11. The van der Waals surface area contributed by atoms with E-state index in [2.05, 4.69) is 24.0 Å². The first-order valence-corrected chi connectivity index (χ1v) is 5.90. The van der Waals surface area contributed by atoms with Gasteiger partial charge in [0.2, 0.25) is 12.5 Å². The van der Waals surface area contributed by atoms with Crippen LogP contribution in [0.1, 0.15) is 20.8 Å². The highest BCUT2D eigenvalue weighted by atomic mass is 16.7. The Morgan fingerprint density at radius 3 is 2.88 bits per heavy atom. The Hall–Kier alpha value is -1.12. The molecule has 0 aromatic carbocycles. The lowest BCUT2D eigenvalue weighted by Gasteiger charge is -2.42. The summed E-state index contributed by atoms with van der Waals surface area (Å²) in [5.41, 5.74) is -0.485. The van der Waals surface area contributed by atoms with E-state index in [1.165, 1.54) is 6.92 Å². The van der Waals surface area contributed by atoms with E-state index in [-0.39, 0.29) is 23.8 Å². The molecule has 1 amide bonds. The Morgan fingerprint density at radius 2 is 2.29 bits per heavy atom. The van der Waals surface area contributed by atoms with E-state index < -0.39 is 11.9 Å². The fourth-order valence-corrected chi connectivity index (χ4v) is 2.77. The molecule has 0 saturated carbocycles. The predicted molar refractivity (Wildman–Crippen MR) is 61.0 cm³/mol. The molecule has 0 aromatic heterocycles. The van der Waals surface area contributed by atoms with Crippen molar-refractivity contribution in [3.8, 4) is 0 Å². The van der Waals surface area contributed by atoms with Gasteiger partial charge >= 0.3 is 0 Å². The van der Waals surface area contributed by atoms with Gasteiger partial charge in [0.15, 0.2) is 11.9 Å². The van der Waals surface area contributed by atoms with Crippen molar-refractivity contribution in [1.82, 2.24) is 5.32 Å². The maximum Gasteiger partial charge on any atom is 0.245 e. The monoisotopic (exact) mass is 238 g/mol. The van der Waals surface area contributed by atoms with Crippen LogP contribution in [0.2, 0.25) is 0 Å². The summed E-state index contributed by atoms with van der Waals surface area (Å²) in [5.74, 6) is 0.347. The SMILES string of the molecule is [C-]#[N+]C[C@@]12CO[C@@H](O1)[C@H](NC(C)=O)[C@@H](C)[C@H]2C. The first kappa shape index (κ1) is 12.3. The highest BCUT2D eigenvalue weighted by Crippen LogP contribution is 2.43. The fourth-order valence-electron chi connectivity index (χ4n) is 2.77. The van der Waals surface area contributed by atoms with Gasteiger partial charge in [-0.3, -0.25) is 4.79 Å². The third-order valence-electron chi connectivity index (χ3n) is 4.04. The minimum Gasteiger partial charge on any atom is -0.348 e. The fraction of sp³-hybridized carbons (Fsp3) is 0.833. The molecular formula is C12H18N2O3. The molecular weight excluding hydrogens is 220 g/mol. The maximum absolute atomic E-state index is 11.2. The summed E-state index contributed by atoms with van der Waals surface area (Å²) in [6.45, 7) is 13.4. The van der Waals surface area contributed by atoms with Crippen LogP contribution in [-0.2, 0) is 14.3 Å². The summed E-state index contributed by atoms with van der Waals surface area (Å²) in [7, 11) is 0.